The lowest BCUT2D eigenvalue weighted by Gasteiger charge is -2.28. The van der Waals surface area contributed by atoms with Crippen LogP contribution in [0.5, 0.6) is 0 Å². The minimum absolute atomic E-state index is 0.00185. The van der Waals surface area contributed by atoms with Crippen LogP contribution in [0.4, 0.5) is 0 Å². The Morgan fingerprint density at radius 2 is 0.702 bits per heavy atom. The number of guanidine groups is 6. The molecule has 1 aliphatic heterocycles. The molecule has 14 amide bonds. The Labute approximate surface area is 702 Å². The molecule has 2 rings (SSSR count). The average Bonchev–Trinajstić information content (AvgIpc) is 1.68. The average molecular weight is 1710 g/mol. The number of primary amides is 2. The third-order valence-corrected chi connectivity index (χ3v) is 18.6. The number of rotatable bonds is 62. The molecule has 49 nitrogen and oxygen atoms in total. The first-order valence-electron chi connectivity index (χ1n) is 40.2. The molecule has 0 saturated carbocycles. The van der Waals surface area contributed by atoms with Gasteiger partial charge in [-0.25, -0.2) is 0 Å². The van der Waals surface area contributed by atoms with Crippen molar-refractivity contribution < 1.29 is 67.1 Å². The first-order chi connectivity index (χ1) is 57.4. The van der Waals surface area contributed by atoms with E-state index < -0.39 is 186 Å². The molecular formula is C72H131N35O14. The number of amides is 14. The van der Waals surface area contributed by atoms with Crippen LogP contribution < -0.4 is 153 Å². The summed E-state index contributed by atoms with van der Waals surface area (Å²) in [5.41, 5.74) is 56.5. The molecule has 0 unspecified atom stereocenters. The molecule has 0 spiro atoms. The molecule has 1 aromatic rings. The molecule has 1 aliphatic rings. The predicted octanol–water partition coefficient (Wildman–Crippen LogP) is -11.0. The topological polar surface area (TPSA) is 862 Å². The van der Waals surface area contributed by atoms with Crippen LogP contribution in [-0.2, 0) is 73.5 Å². The van der Waals surface area contributed by atoms with E-state index in [2.05, 4.69) is 95.7 Å². The summed E-state index contributed by atoms with van der Waals surface area (Å²) in [5.74, 6) is -13.8. The van der Waals surface area contributed by atoms with Crippen LogP contribution in [0.15, 0.2) is 30.3 Å². The summed E-state index contributed by atoms with van der Waals surface area (Å²) in [5, 5.41) is 93.5. The zero-order valence-corrected chi connectivity index (χ0v) is 68.7. The van der Waals surface area contributed by atoms with E-state index in [1.807, 2.05) is 0 Å². The molecule has 0 bridgehead atoms. The highest BCUT2D eigenvalue weighted by atomic mass is 16.2. The molecular weight excluding hydrogens is 1580 g/mol. The highest BCUT2D eigenvalue weighted by Crippen LogP contribution is 2.21. The van der Waals surface area contributed by atoms with Gasteiger partial charge in [-0.2, -0.15) is 0 Å². The fourth-order valence-corrected chi connectivity index (χ4v) is 12.6. The molecule has 49 heteroatoms. The van der Waals surface area contributed by atoms with Gasteiger partial charge in [0.25, 0.3) is 0 Å². The highest BCUT2D eigenvalue weighted by Gasteiger charge is 2.41. The molecule has 121 heavy (non-hydrogen) atoms. The van der Waals surface area contributed by atoms with E-state index in [1.165, 1.54) is 6.92 Å². The zero-order chi connectivity index (χ0) is 90.4. The van der Waals surface area contributed by atoms with E-state index in [0.717, 1.165) is 5.56 Å². The summed E-state index contributed by atoms with van der Waals surface area (Å²) < 4.78 is 0. The lowest BCUT2D eigenvalue weighted by atomic mass is 10.0. The van der Waals surface area contributed by atoms with Crippen molar-refractivity contribution in [2.45, 2.75) is 215 Å². The van der Waals surface area contributed by atoms with E-state index in [4.69, 9.17) is 89.8 Å². The number of nitrogens with two attached hydrogens (primary N) is 10. The normalized spacial score (nSPS) is 15.0. The fourth-order valence-electron chi connectivity index (χ4n) is 12.6. The van der Waals surface area contributed by atoms with Gasteiger partial charge < -0.3 is 153 Å². The second kappa shape index (κ2) is 59.0. The van der Waals surface area contributed by atoms with Crippen molar-refractivity contribution in [3.63, 3.8) is 0 Å². The number of nitrogens with one attached hydrogen (secondary N) is 24. The molecule has 11 atom stereocenters. The molecule has 0 radical (unpaired) electrons. The Hall–Kier alpha value is -12.7. The molecule has 44 N–H and O–H groups in total. The Balaban J connectivity index is 2.65. The standard InChI is InChI=1S/C72H131N35O14/c1-41(108)97-52(37-42-15-3-2-4-16-42)58(113)96-39-56(111)99-45(20-10-30-91-68(79)80)60(115)102-47(18-6-8-28-74)61(116)101-46(17-5-7-27-73)59(114)98-43-38-53(107(40-43)36-14-34-95-72(87)88)66(121)106-50(23-13-33-94-71(85)86)64(119)105-51(24-25-54(75)109)65(120)104-49(22-12-32-93-70(83)84)63(118)103-48(21-11-31-92-69(81)82)62(117)100-44(19-9-29-90-67(77)78)57(112)89-35-26-55(76)110/h2-4,15-16,43-53H,5-14,17-40,73-74H2,1H3,(H2,75,109)(H2,76,110)(H,89,112)(H,96,113)(H,97,108)(H,98,114)(H,99,111)(H,100,117)(H,101,116)(H,102,115)(H,103,118)(H,104,120)(H,105,119)(H,106,121)(H4,77,78,90)(H4,79,80,91)(H4,81,82,92)(H4,83,84,93)(H4,85,86,94)(H4,87,88,95)/t43-,44-,45-,46-,47-,48-,49-,50-,51-,52-,53-/m0/s1. The van der Waals surface area contributed by atoms with Crippen molar-refractivity contribution in [3.8, 4) is 0 Å². The van der Waals surface area contributed by atoms with Gasteiger partial charge in [0, 0.05) is 91.1 Å². The lowest BCUT2D eigenvalue weighted by Crippen LogP contribution is -2.59. The monoisotopic (exact) mass is 1710 g/mol. The number of nitrogens with zero attached hydrogens (tertiary/aromatic N) is 1. The fraction of sp³-hybridized carbons (Fsp3) is 0.639. The first kappa shape index (κ1) is 104. The van der Waals surface area contributed by atoms with Gasteiger partial charge in [0.1, 0.15) is 54.4 Å². The maximum atomic E-state index is 15.0. The second-order valence-corrected chi connectivity index (χ2v) is 28.8. The van der Waals surface area contributed by atoms with Crippen molar-refractivity contribution in [2.24, 2.45) is 57.3 Å². The third-order valence-electron chi connectivity index (χ3n) is 18.6. The van der Waals surface area contributed by atoms with Gasteiger partial charge >= 0.3 is 0 Å². The van der Waals surface area contributed by atoms with Crippen LogP contribution in [0, 0.1) is 32.5 Å². The zero-order valence-electron chi connectivity index (χ0n) is 68.7. The van der Waals surface area contributed by atoms with Crippen molar-refractivity contribution in [1.82, 2.24) is 101 Å². The van der Waals surface area contributed by atoms with Gasteiger partial charge in [0.2, 0.25) is 82.7 Å². The summed E-state index contributed by atoms with van der Waals surface area (Å²) in [6.45, 7) is 1.27. The number of likely N-dealkylation sites (tertiary alicyclic amines) is 1. The third kappa shape index (κ3) is 46.9. The first-order valence-corrected chi connectivity index (χ1v) is 40.2. The van der Waals surface area contributed by atoms with Crippen molar-refractivity contribution in [1.29, 1.82) is 32.5 Å². The molecule has 0 aliphatic carbocycles. The molecule has 1 aromatic carbocycles. The quantitative estimate of drug-likeness (QED) is 0.0164. The number of hydrogen-bond acceptors (Lipinski definition) is 23. The summed E-state index contributed by atoms with van der Waals surface area (Å²) in [6.07, 6.45) is 0.161. The van der Waals surface area contributed by atoms with E-state index >= 15 is 4.79 Å². The predicted molar refractivity (Wildman–Crippen MR) is 449 cm³/mol. The van der Waals surface area contributed by atoms with Crippen LogP contribution in [0.3, 0.4) is 0 Å². The number of unbranched alkanes of at least 4 members (excludes halogenated alkanes) is 2. The van der Waals surface area contributed by atoms with E-state index in [0.29, 0.717) is 25.7 Å². The van der Waals surface area contributed by atoms with Crippen molar-refractivity contribution in [2.75, 3.05) is 78.5 Å². The smallest absolute Gasteiger partial charge is 0.243 e. The highest BCUT2D eigenvalue weighted by molar-refractivity contribution is 5.99. The summed E-state index contributed by atoms with van der Waals surface area (Å²) in [6, 6.07) is -5.84. The van der Waals surface area contributed by atoms with Crippen LogP contribution >= 0.6 is 0 Å². The maximum Gasteiger partial charge on any atom is 0.243 e. The SMILES string of the molecule is CC(=O)N[C@@H](Cc1ccccc1)C(=O)NCC(=O)N[C@@H](CCCNC(=N)N)C(=O)N[C@@H](CCCCN)C(=O)N[C@@H](CCCCN)C(=O)N[C@H]1C[C@@H](C(=O)N[C@@H](CCCNC(=N)N)C(=O)N[C@@H](CCC(N)=O)C(=O)N[C@@H](CCCNC(=N)N)C(=O)N[C@@H](CCCNC(=N)N)C(=O)N[C@@H](CCCNC(=N)N)C(=O)NCCC(N)=O)N(CCCNC(=N)N)C1. The molecule has 1 saturated heterocycles. The minimum atomic E-state index is -1.71. The summed E-state index contributed by atoms with van der Waals surface area (Å²) >= 11 is 0. The van der Waals surface area contributed by atoms with E-state index in [9.17, 15) is 62.3 Å². The van der Waals surface area contributed by atoms with Gasteiger partial charge in [-0.15, -0.1) is 0 Å². The van der Waals surface area contributed by atoms with Gasteiger partial charge in [0.15, 0.2) is 35.8 Å². The lowest BCUT2D eigenvalue weighted by molar-refractivity contribution is -0.136. The number of hydrogen-bond donors (Lipinski definition) is 34. The molecule has 678 valence electrons. The van der Waals surface area contributed by atoms with Gasteiger partial charge in [-0.05, 0) is 141 Å². The Morgan fingerprint density at radius 3 is 1.07 bits per heavy atom. The second-order valence-electron chi connectivity index (χ2n) is 28.8. The van der Waals surface area contributed by atoms with Crippen LogP contribution in [0.2, 0.25) is 0 Å². The molecule has 0 aromatic heterocycles. The Kier molecular flexibility index (Phi) is 50.9. The van der Waals surface area contributed by atoms with Gasteiger partial charge in [0.05, 0.1) is 12.6 Å². The summed E-state index contributed by atoms with van der Waals surface area (Å²) in [4.78, 5) is 196. The maximum absolute atomic E-state index is 15.0. The Bertz CT molecular complexity index is 3600. The van der Waals surface area contributed by atoms with Crippen molar-refractivity contribution >= 4 is 118 Å². The van der Waals surface area contributed by atoms with Crippen molar-refractivity contribution in [3.05, 3.63) is 35.9 Å². The number of carbonyl (C=O) groups excluding carboxylic acids is 14. The molecule has 1 fully saturated rings. The largest absolute Gasteiger partial charge is 0.370 e. The van der Waals surface area contributed by atoms with Gasteiger partial charge in [-0.1, -0.05) is 30.3 Å². The van der Waals surface area contributed by atoms with Gasteiger partial charge in [-0.3, -0.25) is 104 Å². The van der Waals surface area contributed by atoms with E-state index in [1.54, 1.807) is 35.2 Å². The minimum Gasteiger partial charge on any atom is -0.370 e. The van der Waals surface area contributed by atoms with Crippen LogP contribution in [0.1, 0.15) is 147 Å². The summed E-state index contributed by atoms with van der Waals surface area (Å²) in [7, 11) is 0. The molecule has 1 heterocycles. The van der Waals surface area contributed by atoms with Crippen LogP contribution in [-0.4, -0.2) is 268 Å². The van der Waals surface area contributed by atoms with Crippen LogP contribution in [0.25, 0.3) is 0 Å². The number of carbonyl (C=O) groups is 14. The number of benzene rings is 1. The van der Waals surface area contributed by atoms with E-state index in [-0.39, 0.29) is 193 Å². The Morgan fingerprint density at radius 1 is 0.364 bits per heavy atom.